The van der Waals surface area contributed by atoms with Gasteiger partial charge in [0.2, 0.25) is 0 Å². The number of allylic oxidation sites excluding steroid dienone is 1. The lowest BCUT2D eigenvalue weighted by molar-refractivity contribution is 0.280. The van der Waals surface area contributed by atoms with E-state index in [1.54, 1.807) is 36.4 Å². The summed E-state index contributed by atoms with van der Waals surface area (Å²) in [7, 11) is 1.49. The molecule has 112 valence electrons. The van der Waals surface area contributed by atoms with Crippen LogP contribution in [0.5, 0.6) is 11.5 Å². The van der Waals surface area contributed by atoms with Crippen LogP contribution in [0, 0.1) is 17.1 Å². The summed E-state index contributed by atoms with van der Waals surface area (Å²) in [5.41, 5.74) is 1.13. The molecule has 0 unspecified atom stereocenters. The van der Waals surface area contributed by atoms with Gasteiger partial charge in [0, 0.05) is 11.6 Å². The van der Waals surface area contributed by atoms with Gasteiger partial charge in [-0.2, -0.15) is 5.26 Å². The molecule has 0 N–H and O–H groups in total. The first-order chi connectivity index (χ1) is 10.7. The third-order valence-electron chi connectivity index (χ3n) is 2.93. The molecule has 2 aromatic rings. The van der Waals surface area contributed by atoms with Crippen LogP contribution >= 0.6 is 11.6 Å². The van der Waals surface area contributed by atoms with E-state index in [1.165, 1.54) is 19.3 Å². The topological polar surface area (TPSA) is 42.2 Å². The van der Waals surface area contributed by atoms with Crippen LogP contribution in [-0.4, -0.2) is 7.11 Å². The predicted molar refractivity (Wildman–Crippen MR) is 83.4 cm³/mol. The van der Waals surface area contributed by atoms with E-state index in [2.05, 4.69) is 0 Å². The molecule has 0 fully saturated rings. The number of rotatable bonds is 5. The van der Waals surface area contributed by atoms with Crippen LogP contribution in [0.4, 0.5) is 4.39 Å². The van der Waals surface area contributed by atoms with Gasteiger partial charge in [-0.25, -0.2) is 4.39 Å². The van der Waals surface area contributed by atoms with E-state index in [9.17, 15) is 4.39 Å². The summed E-state index contributed by atoms with van der Waals surface area (Å²) in [5.74, 6) is 0.411. The van der Waals surface area contributed by atoms with Crippen molar-refractivity contribution in [3.05, 3.63) is 64.4 Å². The first-order valence-electron chi connectivity index (χ1n) is 6.45. The summed E-state index contributed by atoms with van der Waals surface area (Å²) >= 11 is 6.18. The van der Waals surface area contributed by atoms with Gasteiger partial charge in [0.25, 0.3) is 0 Å². The highest BCUT2D eigenvalue weighted by Gasteiger charge is 2.12. The van der Waals surface area contributed by atoms with Gasteiger partial charge in [-0.05, 0) is 29.8 Å². The Morgan fingerprint density at radius 3 is 2.77 bits per heavy atom. The van der Waals surface area contributed by atoms with Gasteiger partial charge in [0.15, 0.2) is 11.5 Å². The van der Waals surface area contributed by atoms with Crippen LogP contribution in [0.2, 0.25) is 5.02 Å². The Morgan fingerprint density at radius 1 is 1.32 bits per heavy atom. The van der Waals surface area contributed by atoms with Gasteiger partial charge in [0.05, 0.1) is 18.2 Å². The van der Waals surface area contributed by atoms with Gasteiger partial charge < -0.3 is 9.47 Å². The van der Waals surface area contributed by atoms with Gasteiger partial charge in [-0.15, -0.1) is 0 Å². The lowest BCUT2D eigenvalue weighted by Gasteiger charge is -2.13. The number of benzene rings is 2. The molecule has 0 spiro atoms. The second-order valence-electron chi connectivity index (χ2n) is 4.38. The van der Waals surface area contributed by atoms with E-state index in [0.717, 1.165) is 0 Å². The second-order valence-corrected chi connectivity index (χ2v) is 4.78. The number of halogens is 2. The standard InChI is InChI=1S/C17H13ClFNO2/c1-21-16-10-12(5-4-8-20)9-14(18)17(16)22-11-13-6-2-3-7-15(13)19/h2-7,9-10H,11H2,1H3/b5-4+. The van der Waals surface area contributed by atoms with E-state index in [4.69, 9.17) is 26.3 Å². The van der Waals surface area contributed by atoms with Crippen molar-refractivity contribution in [3.8, 4) is 17.6 Å². The molecule has 0 aliphatic rings. The molecule has 22 heavy (non-hydrogen) atoms. The van der Waals surface area contributed by atoms with Crippen LogP contribution in [0.25, 0.3) is 6.08 Å². The first kappa shape index (κ1) is 15.9. The van der Waals surface area contributed by atoms with Crippen molar-refractivity contribution in [2.45, 2.75) is 6.61 Å². The van der Waals surface area contributed by atoms with E-state index >= 15 is 0 Å². The molecule has 0 saturated heterocycles. The number of hydrogen-bond acceptors (Lipinski definition) is 3. The molecular formula is C17H13ClFNO2. The van der Waals surface area contributed by atoms with Crippen LogP contribution in [0.15, 0.2) is 42.5 Å². The molecule has 5 heteroatoms. The van der Waals surface area contributed by atoms with Crippen molar-refractivity contribution in [2.24, 2.45) is 0 Å². The highest BCUT2D eigenvalue weighted by molar-refractivity contribution is 6.32. The third kappa shape index (κ3) is 3.78. The minimum absolute atomic E-state index is 0.0378. The van der Waals surface area contributed by atoms with Crippen molar-refractivity contribution in [1.29, 1.82) is 5.26 Å². The molecule has 0 aliphatic heterocycles. The average Bonchev–Trinajstić information content (AvgIpc) is 2.52. The monoisotopic (exact) mass is 317 g/mol. The fourth-order valence-electron chi connectivity index (χ4n) is 1.87. The zero-order valence-electron chi connectivity index (χ0n) is 11.8. The van der Waals surface area contributed by atoms with Crippen molar-refractivity contribution in [1.82, 2.24) is 0 Å². The lowest BCUT2D eigenvalue weighted by atomic mass is 10.2. The Labute approximate surface area is 133 Å². The number of methoxy groups -OCH3 is 1. The molecule has 0 radical (unpaired) electrons. The van der Waals surface area contributed by atoms with Crippen molar-refractivity contribution >= 4 is 17.7 Å². The highest BCUT2D eigenvalue weighted by Crippen LogP contribution is 2.37. The zero-order chi connectivity index (χ0) is 15.9. The maximum Gasteiger partial charge on any atom is 0.180 e. The summed E-state index contributed by atoms with van der Waals surface area (Å²) in [6, 6.07) is 11.6. The third-order valence-corrected chi connectivity index (χ3v) is 3.21. The van der Waals surface area contributed by atoms with E-state index in [1.807, 2.05) is 6.07 Å². The molecule has 3 nitrogen and oxygen atoms in total. The summed E-state index contributed by atoms with van der Waals surface area (Å²) in [6.45, 7) is 0.0378. The molecular weight excluding hydrogens is 305 g/mol. The summed E-state index contributed by atoms with van der Waals surface area (Å²) in [4.78, 5) is 0. The van der Waals surface area contributed by atoms with Gasteiger partial charge >= 0.3 is 0 Å². The molecule has 0 aromatic heterocycles. The van der Waals surface area contributed by atoms with Crippen LogP contribution < -0.4 is 9.47 Å². The number of nitrogens with zero attached hydrogens (tertiary/aromatic N) is 1. The van der Waals surface area contributed by atoms with E-state index < -0.39 is 0 Å². The summed E-state index contributed by atoms with van der Waals surface area (Å²) < 4.78 is 24.4. The number of hydrogen-bond donors (Lipinski definition) is 0. The van der Waals surface area contributed by atoms with Crippen molar-refractivity contribution in [3.63, 3.8) is 0 Å². The molecule has 0 heterocycles. The Bertz CT molecular complexity index is 738. The zero-order valence-corrected chi connectivity index (χ0v) is 12.6. The first-order valence-corrected chi connectivity index (χ1v) is 6.83. The Hall–Kier alpha value is -2.51. The molecule has 0 atom stereocenters. The largest absolute Gasteiger partial charge is 0.493 e. The normalized spacial score (nSPS) is 10.5. The molecule has 0 amide bonds. The molecule has 0 aliphatic carbocycles. The highest BCUT2D eigenvalue weighted by atomic mass is 35.5. The maximum absolute atomic E-state index is 13.6. The lowest BCUT2D eigenvalue weighted by Crippen LogP contribution is -2.00. The second kappa shape index (κ2) is 7.48. The minimum atomic E-state index is -0.342. The summed E-state index contributed by atoms with van der Waals surface area (Å²) in [5, 5.41) is 8.88. The maximum atomic E-state index is 13.6. The molecule has 2 rings (SSSR count). The Balaban J connectivity index is 2.25. The van der Waals surface area contributed by atoms with Gasteiger partial charge in [-0.3, -0.25) is 0 Å². The van der Waals surface area contributed by atoms with E-state index in [-0.39, 0.29) is 12.4 Å². The van der Waals surface area contributed by atoms with Crippen LogP contribution in [0.3, 0.4) is 0 Å². The van der Waals surface area contributed by atoms with Crippen molar-refractivity contribution in [2.75, 3.05) is 7.11 Å². The number of nitriles is 1. The SMILES string of the molecule is COc1cc(/C=C/C#N)cc(Cl)c1OCc1ccccc1F. The number of ether oxygens (including phenoxy) is 2. The van der Waals surface area contributed by atoms with Crippen LogP contribution in [0.1, 0.15) is 11.1 Å². The van der Waals surface area contributed by atoms with Crippen LogP contribution in [-0.2, 0) is 6.61 Å². The van der Waals surface area contributed by atoms with Crippen molar-refractivity contribution < 1.29 is 13.9 Å². The minimum Gasteiger partial charge on any atom is -0.493 e. The van der Waals surface area contributed by atoms with Gasteiger partial charge in [0.1, 0.15) is 12.4 Å². The average molecular weight is 318 g/mol. The fraction of sp³-hybridized carbons (Fsp3) is 0.118. The van der Waals surface area contributed by atoms with E-state index in [0.29, 0.717) is 27.6 Å². The molecule has 0 saturated carbocycles. The molecule has 0 bridgehead atoms. The summed E-state index contributed by atoms with van der Waals surface area (Å²) in [6.07, 6.45) is 2.94. The van der Waals surface area contributed by atoms with Gasteiger partial charge in [-0.1, -0.05) is 29.8 Å². The Kier molecular flexibility index (Phi) is 5.40. The smallest absolute Gasteiger partial charge is 0.180 e. The molecule has 2 aromatic carbocycles. The fourth-order valence-corrected chi connectivity index (χ4v) is 2.15. The quantitative estimate of drug-likeness (QED) is 0.757. The Morgan fingerprint density at radius 2 is 2.09 bits per heavy atom. The predicted octanol–water partition coefficient (Wildman–Crippen LogP) is 4.60.